The Kier molecular flexibility index (Phi) is 5.23. The number of amides is 1. The molecule has 1 amide bonds. The second-order valence-electron chi connectivity index (χ2n) is 5.65. The predicted molar refractivity (Wildman–Crippen MR) is 91.9 cm³/mol. The van der Waals surface area contributed by atoms with E-state index in [2.05, 4.69) is 10.0 Å². The van der Waals surface area contributed by atoms with Crippen LogP contribution in [-0.4, -0.2) is 20.6 Å². The number of hydrogen-bond donors (Lipinski definition) is 2. The zero-order chi connectivity index (χ0) is 17.9. The molecule has 0 unspecified atom stereocenters. The van der Waals surface area contributed by atoms with Gasteiger partial charge in [0, 0.05) is 5.56 Å². The molecular weight excluding hydrogens is 331 g/mol. The van der Waals surface area contributed by atoms with Gasteiger partial charge in [-0.3, -0.25) is 9.52 Å². The van der Waals surface area contributed by atoms with Crippen LogP contribution in [0.5, 0.6) is 0 Å². The molecule has 24 heavy (non-hydrogen) atoms. The van der Waals surface area contributed by atoms with Gasteiger partial charge >= 0.3 is 0 Å². The first-order valence-corrected chi connectivity index (χ1v) is 9.19. The van der Waals surface area contributed by atoms with Crippen molar-refractivity contribution in [3.63, 3.8) is 0 Å². The van der Waals surface area contributed by atoms with Gasteiger partial charge in [0.25, 0.3) is 5.91 Å². The molecule has 0 spiro atoms. The van der Waals surface area contributed by atoms with Crippen LogP contribution in [0.15, 0.2) is 42.5 Å². The summed E-state index contributed by atoms with van der Waals surface area (Å²) in [4.78, 5) is 12.3. The lowest BCUT2D eigenvalue weighted by atomic mass is 10.1. The first kappa shape index (κ1) is 17.9. The molecule has 128 valence electrons. The summed E-state index contributed by atoms with van der Waals surface area (Å²) < 4.78 is 37.9. The van der Waals surface area contributed by atoms with Crippen molar-refractivity contribution in [1.82, 2.24) is 5.32 Å². The van der Waals surface area contributed by atoms with Gasteiger partial charge in [-0.25, -0.2) is 12.8 Å². The fraction of sp³-hybridized carbons (Fsp3) is 0.235. The normalized spacial score (nSPS) is 12.5. The molecule has 0 aromatic heterocycles. The molecule has 0 heterocycles. The van der Waals surface area contributed by atoms with E-state index in [9.17, 15) is 17.6 Å². The highest BCUT2D eigenvalue weighted by molar-refractivity contribution is 7.92. The predicted octanol–water partition coefficient (Wildman–Crippen LogP) is 3.00. The third-order valence-electron chi connectivity index (χ3n) is 3.50. The summed E-state index contributed by atoms with van der Waals surface area (Å²) in [5.74, 6) is -0.623. The van der Waals surface area contributed by atoms with Gasteiger partial charge in [-0.05, 0) is 55.3 Å². The summed E-state index contributed by atoms with van der Waals surface area (Å²) in [5, 5.41) is 2.83. The Morgan fingerprint density at radius 2 is 1.75 bits per heavy atom. The van der Waals surface area contributed by atoms with Crippen LogP contribution in [0.3, 0.4) is 0 Å². The van der Waals surface area contributed by atoms with Crippen LogP contribution < -0.4 is 10.0 Å². The number of carbonyl (C=O) groups excluding carboxylic acids is 1. The summed E-state index contributed by atoms with van der Waals surface area (Å²) in [6, 6.07) is 10.3. The van der Waals surface area contributed by atoms with E-state index in [0.717, 1.165) is 11.8 Å². The summed E-state index contributed by atoms with van der Waals surface area (Å²) >= 11 is 0. The first-order valence-electron chi connectivity index (χ1n) is 7.30. The maximum atomic E-state index is 12.9. The maximum absolute atomic E-state index is 12.9. The highest BCUT2D eigenvalue weighted by Gasteiger charge is 2.13. The van der Waals surface area contributed by atoms with Crippen LogP contribution >= 0.6 is 0 Å². The lowest BCUT2D eigenvalue weighted by Crippen LogP contribution is -2.26. The fourth-order valence-electron chi connectivity index (χ4n) is 2.23. The molecular formula is C17H19FN2O3S. The van der Waals surface area contributed by atoms with E-state index in [0.29, 0.717) is 16.8 Å². The van der Waals surface area contributed by atoms with E-state index in [4.69, 9.17) is 0 Å². The molecule has 2 rings (SSSR count). The molecule has 5 nitrogen and oxygen atoms in total. The Balaban J connectivity index is 2.12. The number of halogens is 1. The third-order valence-corrected chi connectivity index (χ3v) is 4.09. The molecule has 0 aliphatic carbocycles. The van der Waals surface area contributed by atoms with Crippen LogP contribution in [0.4, 0.5) is 10.1 Å². The molecule has 2 aromatic rings. The largest absolute Gasteiger partial charge is 0.346 e. The number of benzene rings is 2. The fourth-order valence-corrected chi connectivity index (χ4v) is 2.86. The number of carbonyl (C=O) groups is 1. The Bertz CT molecular complexity index is 849. The van der Waals surface area contributed by atoms with Gasteiger partial charge in [0.05, 0.1) is 18.0 Å². The molecule has 1 atom stereocenters. The van der Waals surface area contributed by atoms with E-state index in [1.54, 1.807) is 44.2 Å². The highest BCUT2D eigenvalue weighted by Crippen LogP contribution is 2.19. The van der Waals surface area contributed by atoms with Crippen LogP contribution in [0, 0.1) is 12.7 Å². The second kappa shape index (κ2) is 7.00. The van der Waals surface area contributed by atoms with Gasteiger partial charge in [0.15, 0.2) is 0 Å². The molecule has 0 saturated carbocycles. The smallest absolute Gasteiger partial charge is 0.251 e. The van der Waals surface area contributed by atoms with E-state index in [1.165, 1.54) is 12.1 Å². The lowest BCUT2D eigenvalue weighted by Gasteiger charge is -2.15. The van der Waals surface area contributed by atoms with Crippen LogP contribution in [0.25, 0.3) is 0 Å². The van der Waals surface area contributed by atoms with Gasteiger partial charge in [-0.2, -0.15) is 0 Å². The van der Waals surface area contributed by atoms with Gasteiger partial charge in [0.1, 0.15) is 5.82 Å². The molecule has 0 bridgehead atoms. The van der Waals surface area contributed by atoms with E-state index < -0.39 is 10.0 Å². The molecule has 0 radical (unpaired) electrons. The van der Waals surface area contributed by atoms with Crippen molar-refractivity contribution in [3.05, 3.63) is 65.0 Å². The Hall–Kier alpha value is -2.41. The minimum atomic E-state index is -3.37. The number of nitrogens with one attached hydrogen (secondary N) is 2. The van der Waals surface area contributed by atoms with Crippen molar-refractivity contribution in [2.45, 2.75) is 19.9 Å². The van der Waals surface area contributed by atoms with Crippen molar-refractivity contribution in [2.24, 2.45) is 0 Å². The molecule has 0 saturated heterocycles. The number of aryl methyl sites for hydroxylation is 1. The second-order valence-corrected chi connectivity index (χ2v) is 7.40. The third kappa shape index (κ3) is 4.79. The van der Waals surface area contributed by atoms with Crippen LogP contribution in [0.2, 0.25) is 0 Å². The summed E-state index contributed by atoms with van der Waals surface area (Å²) in [5.41, 5.74) is 2.28. The quantitative estimate of drug-likeness (QED) is 0.870. The Morgan fingerprint density at radius 3 is 2.29 bits per heavy atom. The van der Waals surface area contributed by atoms with Gasteiger partial charge < -0.3 is 5.32 Å². The van der Waals surface area contributed by atoms with E-state index in [-0.39, 0.29) is 17.8 Å². The highest BCUT2D eigenvalue weighted by atomic mass is 32.2. The maximum Gasteiger partial charge on any atom is 0.251 e. The zero-order valence-electron chi connectivity index (χ0n) is 13.6. The first-order chi connectivity index (χ1) is 11.2. The monoisotopic (exact) mass is 350 g/mol. The van der Waals surface area contributed by atoms with Crippen LogP contribution in [-0.2, 0) is 10.0 Å². The van der Waals surface area contributed by atoms with E-state index >= 15 is 0 Å². The average Bonchev–Trinajstić information content (AvgIpc) is 2.48. The number of anilines is 1. The summed E-state index contributed by atoms with van der Waals surface area (Å²) in [7, 11) is -3.37. The van der Waals surface area contributed by atoms with E-state index in [1.807, 2.05) is 0 Å². The molecule has 2 N–H and O–H groups in total. The Labute approximate surface area is 141 Å². The average molecular weight is 350 g/mol. The van der Waals surface area contributed by atoms with Crippen molar-refractivity contribution in [1.29, 1.82) is 0 Å². The number of rotatable bonds is 5. The minimum absolute atomic E-state index is 0.285. The summed E-state index contributed by atoms with van der Waals surface area (Å²) in [6.07, 6.45) is 1.07. The zero-order valence-corrected chi connectivity index (χ0v) is 14.4. The molecule has 2 aromatic carbocycles. The van der Waals surface area contributed by atoms with Crippen LogP contribution in [0.1, 0.15) is 34.5 Å². The molecule has 7 heteroatoms. The molecule has 0 fully saturated rings. The van der Waals surface area contributed by atoms with Gasteiger partial charge in [-0.15, -0.1) is 0 Å². The van der Waals surface area contributed by atoms with Crippen molar-refractivity contribution >= 4 is 21.6 Å². The number of sulfonamides is 1. The standard InChI is InChI=1S/C17H19FN2O3S/c1-11-10-14(6-9-16(11)20-24(3,22)23)17(21)19-12(2)13-4-7-15(18)8-5-13/h4-10,12,20H,1-3H3,(H,19,21)/t12-/m1/s1. The summed E-state index contributed by atoms with van der Waals surface area (Å²) in [6.45, 7) is 3.52. The minimum Gasteiger partial charge on any atom is -0.346 e. The lowest BCUT2D eigenvalue weighted by molar-refractivity contribution is 0.0940. The van der Waals surface area contributed by atoms with Gasteiger partial charge in [0.2, 0.25) is 10.0 Å². The molecule has 0 aliphatic rings. The SMILES string of the molecule is Cc1cc(C(=O)N[C@H](C)c2ccc(F)cc2)ccc1NS(C)(=O)=O. The van der Waals surface area contributed by atoms with Crippen molar-refractivity contribution < 1.29 is 17.6 Å². The van der Waals surface area contributed by atoms with Crippen molar-refractivity contribution in [2.75, 3.05) is 11.0 Å². The Morgan fingerprint density at radius 1 is 1.12 bits per heavy atom. The topological polar surface area (TPSA) is 75.3 Å². The van der Waals surface area contributed by atoms with Gasteiger partial charge in [-0.1, -0.05) is 12.1 Å². The van der Waals surface area contributed by atoms with Crippen molar-refractivity contribution in [3.8, 4) is 0 Å². The molecule has 0 aliphatic heterocycles. The number of hydrogen-bond acceptors (Lipinski definition) is 3.